The monoisotopic (exact) mass is 267 g/mol. The SMILES string of the molecule is FC(F)(F)c1cnn(-c2ccc3c(c2)NCCC3)c1. The second-order valence-corrected chi connectivity index (χ2v) is 4.54. The Bertz CT molecular complexity index is 601. The van der Waals surface area contributed by atoms with Gasteiger partial charge in [0, 0.05) is 18.4 Å². The second-order valence-electron chi connectivity index (χ2n) is 4.54. The van der Waals surface area contributed by atoms with Gasteiger partial charge in [-0.15, -0.1) is 0 Å². The zero-order chi connectivity index (χ0) is 13.5. The third-order valence-electron chi connectivity index (χ3n) is 3.21. The first-order chi connectivity index (χ1) is 9.04. The Morgan fingerprint density at radius 3 is 2.84 bits per heavy atom. The quantitative estimate of drug-likeness (QED) is 0.859. The first kappa shape index (κ1) is 12.1. The Kier molecular flexibility index (Phi) is 2.73. The highest BCUT2D eigenvalue weighted by atomic mass is 19.4. The molecule has 2 aromatic rings. The molecule has 3 nitrogen and oxygen atoms in total. The van der Waals surface area contributed by atoms with Crippen molar-refractivity contribution in [3.05, 3.63) is 41.7 Å². The number of alkyl halides is 3. The number of aryl methyl sites for hydroxylation is 1. The van der Waals surface area contributed by atoms with Crippen LogP contribution in [-0.4, -0.2) is 16.3 Å². The van der Waals surface area contributed by atoms with Gasteiger partial charge in [-0.2, -0.15) is 18.3 Å². The Balaban J connectivity index is 1.96. The van der Waals surface area contributed by atoms with E-state index < -0.39 is 11.7 Å². The van der Waals surface area contributed by atoms with E-state index in [1.807, 2.05) is 12.1 Å². The van der Waals surface area contributed by atoms with Crippen LogP contribution < -0.4 is 5.32 Å². The van der Waals surface area contributed by atoms with Crippen molar-refractivity contribution < 1.29 is 13.2 Å². The van der Waals surface area contributed by atoms with Crippen molar-refractivity contribution >= 4 is 5.69 Å². The number of aromatic nitrogens is 2. The molecule has 3 rings (SSSR count). The van der Waals surface area contributed by atoms with Crippen LogP contribution in [0.15, 0.2) is 30.6 Å². The number of rotatable bonds is 1. The van der Waals surface area contributed by atoms with Crippen molar-refractivity contribution in [3.8, 4) is 5.69 Å². The summed E-state index contributed by atoms with van der Waals surface area (Å²) in [6.07, 6.45) is -0.440. The highest BCUT2D eigenvalue weighted by molar-refractivity contribution is 5.58. The molecule has 1 N–H and O–H groups in total. The van der Waals surface area contributed by atoms with Gasteiger partial charge in [0.15, 0.2) is 0 Å². The van der Waals surface area contributed by atoms with Crippen LogP contribution in [0.2, 0.25) is 0 Å². The van der Waals surface area contributed by atoms with Gasteiger partial charge in [0.05, 0.1) is 17.4 Å². The molecule has 0 bridgehead atoms. The summed E-state index contributed by atoms with van der Waals surface area (Å²) >= 11 is 0. The number of hydrogen-bond donors (Lipinski definition) is 1. The molecule has 0 radical (unpaired) electrons. The molecule has 1 aromatic heterocycles. The summed E-state index contributed by atoms with van der Waals surface area (Å²) in [5, 5.41) is 7.02. The Labute approximate surface area is 108 Å². The first-order valence-electron chi connectivity index (χ1n) is 6.03. The lowest BCUT2D eigenvalue weighted by Gasteiger charge is -2.18. The number of benzene rings is 1. The molecule has 100 valence electrons. The van der Waals surface area contributed by atoms with E-state index in [0.29, 0.717) is 5.69 Å². The Hall–Kier alpha value is -1.98. The number of fused-ring (bicyclic) bond motifs is 1. The van der Waals surface area contributed by atoms with Crippen LogP contribution in [0.25, 0.3) is 5.69 Å². The van der Waals surface area contributed by atoms with Gasteiger partial charge < -0.3 is 5.32 Å². The third kappa shape index (κ3) is 2.30. The number of anilines is 1. The highest BCUT2D eigenvalue weighted by Gasteiger charge is 2.32. The van der Waals surface area contributed by atoms with E-state index >= 15 is 0 Å². The summed E-state index contributed by atoms with van der Waals surface area (Å²) in [5.41, 5.74) is 2.06. The molecule has 0 aliphatic carbocycles. The average molecular weight is 267 g/mol. The molecule has 19 heavy (non-hydrogen) atoms. The second kappa shape index (κ2) is 4.29. The van der Waals surface area contributed by atoms with Crippen molar-refractivity contribution in [2.24, 2.45) is 0 Å². The van der Waals surface area contributed by atoms with Crippen LogP contribution in [0.5, 0.6) is 0 Å². The lowest BCUT2D eigenvalue weighted by atomic mass is 10.0. The van der Waals surface area contributed by atoms with Crippen LogP contribution in [0.4, 0.5) is 18.9 Å². The van der Waals surface area contributed by atoms with Crippen molar-refractivity contribution in [1.29, 1.82) is 0 Å². The fourth-order valence-corrected chi connectivity index (χ4v) is 2.20. The van der Waals surface area contributed by atoms with Gasteiger partial charge in [0.1, 0.15) is 0 Å². The summed E-state index contributed by atoms with van der Waals surface area (Å²) in [6, 6.07) is 5.56. The molecule has 2 heterocycles. The maximum atomic E-state index is 12.5. The third-order valence-corrected chi connectivity index (χ3v) is 3.21. The molecule has 0 atom stereocenters. The van der Waals surface area contributed by atoms with E-state index in [9.17, 15) is 13.2 Å². The van der Waals surface area contributed by atoms with E-state index in [0.717, 1.165) is 37.5 Å². The number of nitrogens with zero attached hydrogens (tertiary/aromatic N) is 2. The lowest BCUT2D eigenvalue weighted by Crippen LogP contribution is -2.12. The van der Waals surface area contributed by atoms with Crippen LogP contribution in [-0.2, 0) is 12.6 Å². The predicted octanol–water partition coefficient (Wildman–Crippen LogP) is 3.25. The lowest BCUT2D eigenvalue weighted by molar-refractivity contribution is -0.137. The number of nitrogens with one attached hydrogen (secondary N) is 1. The predicted molar refractivity (Wildman–Crippen MR) is 65.4 cm³/mol. The zero-order valence-electron chi connectivity index (χ0n) is 10.0. The molecule has 0 spiro atoms. The van der Waals surface area contributed by atoms with E-state index in [4.69, 9.17) is 0 Å². The molecule has 6 heteroatoms. The van der Waals surface area contributed by atoms with E-state index in [1.165, 1.54) is 10.2 Å². The molecule has 1 aromatic carbocycles. The summed E-state index contributed by atoms with van der Waals surface area (Å²) in [4.78, 5) is 0. The van der Waals surface area contributed by atoms with Crippen molar-refractivity contribution in [1.82, 2.24) is 9.78 Å². The maximum Gasteiger partial charge on any atom is 0.419 e. The average Bonchev–Trinajstić information content (AvgIpc) is 2.87. The van der Waals surface area contributed by atoms with Gasteiger partial charge in [-0.1, -0.05) is 6.07 Å². The molecule has 1 aliphatic rings. The van der Waals surface area contributed by atoms with Gasteiger partial charge in [0.2, 0.25) is 0 Å². The van der Waals surface area contributed by atoms with Crippen molar-refractivity contribution in [2.45, 2.75) is 19.0 Å². The van der Waals surface area contributed by atoms with Gasteiger partial charge in [0.25, 0.3) is 0 Å². The summed E-state index contributed by atoms with van der Waals surface area (Å²) < 4.78 is 38.8. The van der Waals surface area contributed by atoms with Gasteiger partial charge in [-0.05, 0) is 30.5 Å². The largest absolute Gasteiger partial charge is 0.419 e. The van der Waals surface area contributed by atoms with E-state index in [-0.39, 0.29) is 0 Å². The molecular weight excluding hydrogens is 255 g/mol. The minimum absolute atomic E-state index is 0.628. The molecule has 0 fully saturated rings. The van der Waals surface area contributed by atoms with Crippen molar-refractivity contribution in [3.63, 3.8) is 0 Å². The maximum absolute atomic E-state index is 12.5. The van der Waals surface area contributed by atoms with Crippen molar-refractivity contribution in [2.75, 3.05) is 11.9 Å². The molecule has 1 aliphatic heterocycles. The minimum Gasteiger partial charge on any atom is -0.385 e. The van der Waals surface area contributed by atoms with E-state index in [1.54, 1.807) is 6.07 Å². The van der Waals surface area contributed by atoms with Gasteiger partial charge >= 0.3 is 6.18 Å². The Morgan fingerprint density at radius 1 is 1.26 bits per heavy atom. The Morgan fingerprint density at radius 2 is 2.11 bits per heavy atom. The first-order valence-corrected chi connectivity index (χ1v) is 6.03. The van der Waals surface area contributed by atoms with E-state index in [2.05, 4.69) is 10.4 Å². The zero-order valence-corrected chi connectivity index (χ0v) is 10.0. The fourth-order valence-electron chi connectivity index (χ4n) is 2.20. The minimum atomic E-state index is -4.36. The molecule has 0 saturated heterocycles. The highest BCUT2D eigenvalue weighted by Crippen LogP contribution is 2.30. The van der Waals surface area contributed by atoms with Gasteiger partial charge in [-0.3, -0.25) is 0 Å². The van der Waals surface area contributed by atoms with Crippen LogP contribution in [0, 0.1) is 0 Å². The standard InChI is InChI=1S/C13H12F3N3/c14-13(15,16)10-7-18-19(8-10)11-4-3-9-2-1-5-17-12(9)6-11/h3-4,6-8,17H,1-2,5H2. The summed E-state index contributed by atoms with van der Waals surface area (Å²) in [5.74, 6) is 0. The normalized spacial score (nSPS) is 14.9. The molecular formula is C13H12F3N3. The smallest absolute Gasteiger partial charge is 0.385 e. The number of hydrogen-bond acceptors (Lipinski definition) is 2. The molecule has 0 saturated carbocycles. The summed E-state index contributed by atoms with van der Waals surface area (Å²) in [6.45, 7) is 0.892. The topological polar surface area (TPSA) is 29.9 Å². The van der Waals surface area contributed by atoms with Gasteiger partial charge in [-0.25, -0.2) is 4.68 Å². The number of halogens is 3. The fraction of sp³-hybridized carbons (Fsp3) is 0.308. The van der Waals surface area contributed by atoms with Crippen LogP contribution >= 0.6 is 0 Å². The van der Waals surface area contributed by atoms with Crippen LogP contribution in [0.1, 0.15) is 17.5 Å². The molecule has 0 unspecified atom stereocenters. The summed E-state index contributed by atoms with van der Waals surface area (Å²) in [7, 11) is 0. The molecule has 0 amide bonds. The van der Waals surface area contributed by atoms with Crippen LogP contribution in [0.3, 0.4) is 0 Å².